The minimum atomic E-state index is -1.36. The van der Waals surface area contributed by atoms with Gasteiger partial charge in [0.05, 0.1) is 17.4 Å². The van der Waals surface area contributed by atoms with E-state index >= 15 is 0 Å². The Morgan fingerprint density at radius 2 is 1.77 bits per heavy atom. The Kier molecular flexibility index (Phi) is 4.24. The Hall–Kier alpha value is -3.03. The van der Waals surface area contributed by atoms with Crippen molar-refractivity contribution in [3.63, 3.8) is 0 Å². The van der Waals surface area contributed by atoms with E-state index in [1.54, 1.807) is 11.0 Å². The van der Waals surface area contributed by atoms with Crippen molar-refractivity contribution in [2.24, 2.45) is 0 Å². The number of rotatable bonds is 4. The number of para-hydroxylation sites is 1. The van der Waals surface area contributed by atoms with Crippen molar-refractivity contribution in [2.75, 3.05) is 18.1 Å². The first kappa shape index (κ1) is 16.4. The number of anilines is 2. The van der Waals surface area contributed by atoms with Crippen molar-refractivity contribution in [1.82, 2.24) is 13.9 Å². The van der Waals surface area contributed by atoms with Crippen molar-refractivity contribution < 1.29 is 4.55 Å². The van der Waals surface area contributed by atoms with Gasteiger partial charge in [0, 0.05) is 24.1 Å². The molecule has 3 N–H and O–H groups in total. The number of aromatic nitrogens is 3. The second-order valence-electron chi connectivity index (χ2n) is 5.69. The number of nitrogen functional groups attached to an aromatic ring is 1. The molecule has 2 aromatic carbocycles. The molecule has 130 valence electrons. The summed E-state index contributed by atoms with van der Waals surface area (Å²) >= 11 is -1.36. The summed E-state index contributed by atoms with van der Waals surface area (Å²) in [6.07, 6.45) is 1.86. The third-order valence-corrected chi connectivity index (χ3v) is 5.41. The van der Waals surface area contributed by atoms with Gasteiger partial charge >= 0.3 is 0 Å². The van der Waals surface area contributed by atoms with Gasteiger partial charge in [0.15, 0.2) is 4.90 Å². The van der Waals surface area contributed by atoms with Crippen molar-refractivity contribution in [1.29, 1.82) is 0 Å². The van der Waals surface area contributed by atoms with Crippen LogP contribution in [0.5, 0.6) is 0 Å². The van der Waals surface area contributed by atoms with Crippen LogP contribution in [0.4, 0.5) is 11.8 Å². The maximum absolute atomic E-state index is 13.1. The third kappa shape index (κ3) is 2.87. The molecular formula is C19H17N5OS. The molecule has 1 unspecified atom stereocenters. The highest BCUT2D eigenvalue weighted by Gasteiger charge is 2.21. The molecule has 0 spiro atoms. The van der Waals surface area contributed by atoms with Crippen LogP contribution in [-0.2, 0) is 11.4 Å². The molecule has 2 aromatic heterocycles. The van der Waals surface area contributed by atoms with Gasteiger partial charge in [-0.3, -0.25) is 0 Å². The molecule has 2 heterocycles. The number of hydrogen-bond donors (Lipinski definition) is 2. The minimum absolute atomic E-state index is 0.188. The highest BCUT2D eigenvalue weighted by atomic mass is 32.2. The lowest BCUT2D eigenvalue weighted by Gasteiger charge is -2.10. The van der Waals surface area contributed by atoms with Gasteiger partial charge < -0.3 is 15.6 Å². The highest BCUT2D eigenvalue weighted by Crippen LogP contribution is 2.33. The van der Waals surface area contributed by atoms with Crippen molar-refractivity contribution in [2.45, 2.75) is 4.90 Å². The van der Waals surface area contributed by atoms with Gasteiger partial charge in [-0.25, -0.2) is 4.98 Å². The molecule has 0 saturated heterocycles. The Morgan fingerprint density at radius 1 is 1.04 bits per heavy atom. The summed E-state index contributed by atoms with van der Waals surface area (Å²) in [4.78, 5) is 9.23. The van der Waals surface area contributed by atoms with E-state index < -0.39 is 11.4 Å². The number of nitrogens with two attached hydrogens (primary N) is 1. The van der Waals surface area contributed by atoms with E-state index in [1.807, 2.05) is 66.9 Å². The fourth-order valence-electron chi connectivity index (χ4n) is 2.87. The number of benzene rings is 2. The lowest BCUT2D eigenvalue weighted by atomic mass is 10.1. The van der Waals surface area contributed by atoms with Crippen LogP contribution in [0.1, 0.15) is 0 Å². The maximum atomic E-state index is 13.1. The summed E-state index contributed by atoms with van der Waals surface area (Å²) in [7, 11) is 1.78. The molecule has 0 aliphatic rings. The average molecular weight is 363 g/mol. The molecule has 0 fully saturated rings. The minimum Gasteiger partial charge on any atom is -0.587 e. The van der Waals surface area contributed by atoms with Gasteiger partial charge in [0.1, 0.15) is 17.2 Å². The maximum Gasteiger partial charge on any atom is 0.222 e. The molecule has 0 radical (unpaired) electrons. The quantitative estimate of drug-likeness (QED) is 0.543. The molecule has 0 bridgehead atoms. The molecule has 1 atom stereocenters. The van der Waals surface area contributed by atoms with Crippen molar-refractivity contribution >= 4 is 34.0 Å². The fraction of sp³-hybridized carbons (Fsp3) is 0.0526. The SMILES string of the molecule is CNc1cc(-c2cn([S+]([O-])c3ccccc3)c3ccccc23)nc(N)n1. The lowest BCUT2D eigenvalue weighted by molar-refractivity contribution is 0.588. The Morgan fingerprint density at radius 3 is 2.54 bits per heavy atom. The molecule has 6 nitrogen and oxygen atoms in total. The molecule has 4 rings (SSSR count). The fourth-order valence-corrected chi connectivity index (χ4v) is 4.03. The second kappa shape index (κ2) is 6.70. The van der Waals surface area contributed by atoms with Gasteiger partial charge in [0.2, 0.25) is 5.95 Å². The monoisotopic (exact) mass is 363 g/mol. The Labute approximate surface area is 154 Å². The molecular weight excluding hydrogens is 346 g/mol. The van der Waals surface area contributed by atoms with Gasteiger partial charge in [-0.15, -0.1) is 0 Å². The molecule has 4 aromatic rings. The van der Waals surface area contributed by atoms with E-state index in [0.29, 0.717) is 11.5 Å². The Bertz CT molecular complexity index is 1060. The number of hydrogen-bond acceptors (Lipinski definition) is 5. The molecule has 0 amide bonds. The topological polar surface area (TPSA) is 91.8 Å². The summed E-state index contributed by atoms with van der Waals surface area (Å²) in [6.45, 7) is 0. The molecule has 0 saturated carbocycles. The van der Waals surface area contributed by atoms with Crippen LogP contribution in [-0.4, -0.2) is 25.5 Å². The van der Waals surface area contributed by atoms with Gasteiger partial charge in [-0.1, -0.05) is 36.4 Å². The summed E-state index contributed by atoms with van der Waals surface area (Å²) in [5.74, 6) is 0.821. The van der Waals surface area contributed by atoms with E-state index in [4.69, 9.17) is 5.73 Å². The van der Waals surface area contributed by atoms with Gasteiger partial charge in [0.25, 0.3) is 0 Å². The van der Waals surface area contributed by atoms with Crippen LogP contribution in [0, 0.1) is 0 Å². The molecule has 7 heteroatoms. The number of fused-ring (bicyclic) bond motifs is 1. The summed E-state index contributed by atoms with van der Waals surface area (Å²) in [6, 6.07) is 19.0. The zero-order valence-corrected chi connectivity index (χ0v) is 14.9. The zero-order valence-electron chi connectivity index (χ0n) is 14.1. The van der Waals surface area contributed by atoms with Crippen LogP contribution in [0.2, 0.25) is 0 Å². The standard InChI is InChI=1S/C19H17N5OS/c1-21-18-11-16(22-19(20)23-18)15-12-24(17-10-6-5-9-14(15)17)26(25)13-7-3-2-4-8-13/h2-12H,1H3,(H3,20,21,22,23). The van der Waals surface area contributed by atoms with Gasteiger partial charge in [-0.05, 0) is 18.2 Å². The predicted octanol–water partition coefficient (Wildman–Crippen LogP) is 3.29. The first-order chi connectivity index (χ1) is 12.7. The van der Waals surface area contributed by atoms with Crippen LogP contribution in [0.25, 0.3) is 22.2 Å². The van der Waals surface area contributed by atoms with E-state index in [9.17, 15) is 4.55 Å². The van der Waals surface area contributed by atoms with E-state index in [1.165, 1.54) is 0 Å². The van der Waals surface area contributed by atoms with E-state index in [0.717, 1.165) is 21.4 Å². The Balaban J connectivity index is 1.91. The average Bonchev–Trinajstić information content (AvgIpc) is 3.07. The van der Waals surface area contributed by atoms with Gasteiger partial charge in [-0.2, -0.15) is 8.96 Å². The lowest BCUT2D eigenvalue weighted by Crippen LogP contribution is -2.11. The first-order valence-corrected chi connectivity index (χ1v) is 9.18. The third-order valence-electron chi connectivity index (χ3n) is 4.08. The molecule has 0 aliphatic heterocycles. The van der Waals surface area contributed by atoms with Crippen LogP contribution >= 0.6 is 0 Å². The van der Waals surface area contributed by atoms with Crippen LogP contribution in [0.15, 0.2) is 71.8 Å². The largest absolute Gasteiger partial charge is 0.587 e. The number of nitrogens with zero attached hydrogens (tertiary/aromatic N) is 3. The van der Waals surface area contributed by atoms with Crippen LogP contribution < -0.4 is 11.1 Å². The van der Waals surface area contributed by atoms with Crippen molar-refractivity contribution in [3.8, 4) is 11.3 Å². The number of nitrogens with one attached hydrogen (secondary N) is 1. The molecule has 26 heavy (non-hydrogen) atoms. The van der Waals surface area contributed by atoms with E-state index in [2.05, 4.69) is 15.3 Å². The summed E-state index contributed by atoms with van der Waals surface area (Å²) in [5.41, 5.74) is 8.25. The predicted molar refractivity (Wildman–Crippen MR) is 105 cm³/mol. The van der Waals surface area contributed by atoms with Crippen LogP contribution in [0.3, 0.4) is 0 Å². The molecule has 0 aliphatic carbocycles. The first-order valence-electron chi connectivity index (χ1n) is 8.07. The normalized spacial score (nSPS) is 12.2. The smallest absolute Gasteiger partial charge is 0.222 e. The highest BCUT2D eigenvalue weighted by molar-refractivity contribution is 7.90. The second-order valence-corrected chi connectivity index (χ2v) is 7.06. The van der Waals surface area contributed by atoms with E-state index in [-0.39, 0.29) is 5.95 Å². The zero-order chi connectivity index (χ0) is 18.1. The summed E-state index contributed by atoms with van der Waals surface area (Å²) < 4.78 is 14.9. The summed E-state index contributed by atoms with van der Waals surface area (Å²) in [5, 5.41) is 3.94. The van der Waals surface area contributed by atoms with Crippen molar-refractivity contribution in [3.05, 3.63) is 66.9 Å².